The zero-order valence-electron chi connectivity index (χ0n) is 14.5. The van der Waals surface area contributed by atoms with E-state index >= 15 is 0 Å². The van der Waals surface area contributed by atoms with E-state index in [4.69, 9.17) is 4.52 Å². The van der Waals surface area contributed by atoms with Crippen LogP contribution in [0.3, 0.4) is 0 Å². The van der Waals surface area contributed by atoms with Crippen molar-refractivity contribution in [3.63, 3.8) is 0 Å². The number of carbonyl (C=O) groups is 1. The van der Waals surface area contributed by atoms with E-state index in [-0.39, 0.29) is 5.91 Å². The van der Waals surface area contributed by atoms with Gasteiger partial charge in [0.15, 0.2) is 5.82 Å². The summed E-state index contributed by atoms with van der Waals surface area (Å²) in [6.45, 7) is 4.80. The van der Waals surface area contributed by atoms with Crippen molar-refractivity contribution in [2.45, 2.75) is 6.92 Å². The minimum Gasteiger partial charge on any atom is -0.368 e. The molecule has 0 saturated carbocycles. The quantitative estimate of drug-likeness (QED) is 0.723. The third-order valence-corrected chi connectivity index (χ3v) is 4.50. The smallest absolute Gasteiger partial charge is 0.257 e. The summed E-state index contributed by atoms with van der Waals surface area (Å²) < 4.78 is 5.15. The van der Waals surface area contributed by atoms with E-state index < -0.39 is 0 Å². The second-order valence-corrected chi connectivity index (χ2v) is 6.21. The molecule has 132 valence electrons. The summed E-state index contributed by atoms with van der Waals surface area (Å²) in [6.07, 6.45) is 3.58. The number of hydrogen-bond acceptors (Lipinski definition) is 6. The second kappa shape index (κ2) is 6.95. The highest BCUT2D eigenvalue weighted by Gasteiger charge is 2.22. The second-order valence-electron chi connectivity index (χ2n) is 6.21. The SMILES string of the molecule is Cc1noc(-c2ccc(C(=O)N3CCN(c4ccncc4)CC3)cc2)n1. The van der Waals surface area contributed by atoms with Gasteiger partial charge in [-0.2, -0.15) is 4.98 Å². The lowest BCUT2D eigenvalue weighted by Gasteiger charge is -2.36. The molecule has 7 nitrogen and oxygen atoms in total. The maximum absolute atomic E-state index is 12.7. The van der Waals surface area contributed by atoms with Crippen LogP contribution in [0.25, 0.3) is 11.5 Å². The molecule has 0 unspecified atom stereocenters. The number of rotatable bonds is 3. The third-order valence-electron chi connectivity index (χ3n) is 4.50. The van der Waals surface area contributed by atoms with Gasteiger partial charge in [0.2, 0.25) is 0 Å². The van der Waals surface area contributed by atoms with Crippen LogP contribution in [0.15, 0.2) is 53.3 Å². The molecule has 0 radical (unpaired) electrons. The molecule has 0 aliphatic carbocycles. The molecule has 0 spiro atoms. The van der Waals surface area contributed by atoms with Crippen molar-refractivity contribution in [1.82, 2.24) is 20.0 Å². The number of carbonyl (C=O) groups excluding carboxylic acids is 1. The lowest BCUT2D eigenvalue weighted by Crippen LogP contribution is -2.48. The van der Waals surface area contributed by atoms with Gasteiger partial charge in [-0.3, -0.25) is 9.78 Å². The van der Waals surface area contributed by atoms with Crippen LogP contribution in [0.2, 0.25) is 0 Å². The fourth-order valence-corrected chi connectivity index (χ4v) is 3.07. The van der Waals surface area contributed by atoms with Crippen molar-refractivity contribution in [2.75, 3.05) is 31.1 Å². The van der Waals surface area contributed by atoms with E-state index in [1.165, 1.54) is 0 Å². The monoisotopic (exact) mass is 349 g/mol. The number of piperazine rings is 1. The number of nitrogens with zero attached hydrogens (tertiary/aromatic N) is 5. The van der Waals surface area contributed by atoms with Crippen LogP contribution in [0.5, 0.6) is 0 Å². The van der Waals surface area contributed by atoms with Gasteiger partial charge in [-0.25, -0.2) is 0 Å². The Kier molecular flexibility index (Phi) is 4.35. The zero-order valence-corrected chi connectivity index (χ0v) is 14.5. The largest absolute Gasteiger partial charge is 0.368 e. The first-order valence-electron chi connectivity index (χ1n) is 8.56. The van der Waals surface area contributed by atoms with Crippen molar-refractivity contribution < 1.29 is 9.32 Å². The first-order chi connectivity index (χ1) is 12.7. The average Bonchev–Trinajstić information content (AvgIpc) is 3.15. The first kappa shape index (κ1) is 16.3. The van der Waals surface area contributed by atoms with E-state index in [1.807, 2.05) is 41.3 Å². The Morgan fingerprint density at radius 3 is 2.31 bits per heavy atom. The van der Waals surface area contributed by atoms with Crippen molar-refractivity contribution in [3.8, 4) is 11.5 Å². The van der Waals surface area contributed by atoms with Gasteiger partial charge in [0.25, 0.3) is 11.8 Å². The molecule has 26 heavy (non-hydrogen) atoms. The minimum absolute atomic E-state index is 0.0487. The summed E-state index contributed by atoms with van der Waals surface area (Å²) in [7, 11) is 0. The molecule has 7 heteroatoms. The molecule has 1 amide bonds. The summed E-state index contributed by atoms with van der Waals surface area (Å²) >= 11 is 0. The standard InChI is InChI=1S/C19H19N5O2/c1-14-21-18(26-22-14)15-2-4-16(5-3-15)19(25)24-12-10-23(11-13-24)17-6-8-20-9-7-17/h2-9H,10-13H2,1H3. The number of aromatic nitrogens is 3. The fraction of sp³-hybridized carbons (Fsp3) is 0.263. The molecule has 2 aromatic heterocycles. The van der Waals surface area contributed by atoms with Gasteiger partial charge >= 0.3 is 0 Å². The van der Waals surface area contributed by atoms with Gasteiger partial charge in [0.05, 0.1) is 0 Å². The van der Waals surface area contributed by atoms with Crippen LogP contribution < -0.4 is 4.90 Å². The Morgan fingerprint density at radius 2 is 1.69 bits per heavy atom. The lowest BCUT2D eigenvalue weighted by molar-refractivity contribution is 0.0747. The number of benzene rings is 1. The normalized spacial score (nSPS) is 14.5. The van der Waals surface area contributed by atoms with Crippen LogP contribution in [0.4, 0.5) is 5.69 Å². The molecule has 1 aliphatic heterocycles. The Bertz CT molecular complexity index is 884. The van der Waals surface area contributed by atoms with Crippen LogP contribution in [-0.4, -0.2) is 52.1 Å². The van der Waals surface area contributed by atoms with Gasteiger partial charge in [0, 0.05) is 55.4 Å². The third kappa shape index (κ3) is 3.28. The fourth-order valence-electron chi connectivity index (χ4n) is 3.07. The lowest BCUT2D eigenvalue weighted by atomic mass is 10.1. The van der Waals surface area contributed by atoms with Gasteiger partial charge in [-0.05, 0) is 43.3 Å². The molecular weight excluding hydrogens is 330 g/mol. The molecule has 1 saturated heterocycles. The highest BCUT2D eigenvalue weighted by Crippen LogP contribution is 2.20. The number of amides is 1. The van der Waals surface area contributed by atoms with Crippen molar-refractivity contribution in [2.24, 2.45) is 0 Å². The van der Waals surface area contributed by atoms with Crippen molar-refractivity contribution in [3.05, 3.63) is 60.2 Å². The molecule has 0 N–H and O–H groups in total. The molecule has 3 aromatic rings. The van der Waals surface area contributed by atoms with E-state index in [0.29, 0.717) is 30.4 Å². The first-order valence-corrected chi connectivity index (χ1v) is 8.56. The summed E-state index contributed by atoms with van der Waals surface area (Å²) in [5.41, 5.74) is 2.62. The van der Waals surface area contributed by atoms with E-state index in [2.05, 4.69) is 20.0 Å². The summed E-state index contributed by atoms with van der Waals surface area (Å²) in [4.78, 5) is 25.1. The minimum atomic E-state index is 0.0487. The number of hydrogen-bond donors (Lipinski definition) is 0. The van der Waals surface area contributed by atoms with Crippen LogP contribution in [0, 0.1) is 6.92 Å². The van der Waals surface area contributed by atoms with Crippen molar-refractivity contribution in [1.29, 1.82) is 0 Å². The molecule has 1 aromatic carbocycles. The Hall–Kier alpha value is -3.22. The molecule has 1 fully saturated rings. The summed E-state index contributed by atoms with van der Waals surface area (Å²) in [5.74, 6) is 1.10. The van der Waals surface area contributed by atoms with Gasteiger partial charge in [-0.15, -0.1) is 0 Å². The summed E-state index contributed by atoms with van der Waals surface area (Å²) in [5, 5.41) is 3.79. The molecule has 0 bridgehead atoms. The Morgan fingerprint density at radius 1 is 1.00 bits per heavy atom. The van der Waals surface area contributed by atoms with Gasteiger partial charge < -0.3 is 14.3 Å². The Balaban J connectivity index is 1.40. The molecule has 4 rings (SSSR count). The van der Waals surface area contributed by atoms with Gasteiger partial charge in [-0.1, -0.05) is 5.16 Å². The molecule has 1 aliphatic rings. The van der Waals surface area contributed by atoms with E-state index in [0.717, 1.165) is 24.3 Å². The molecule has 3 heterocycles. The van der Waals surface area contributed by atoms with Crippen LogP contribution in [0.1, 0.15) is 16.2 Å². The predicted molar refractivity (Wildman–Crippen MR) is 96.8 cm³/mol. The number of anilines is 1. The van der Waals surface area contributed by atoms with Crippen molar-refractivity contribution >= 4 is 11.6 Å². The van der Waals surface area contributed by atoms with E-state index in [1.54, 1.807) is 19.3 Å². The maximum atomic E-state index is 12.7. The molecular formula is C19H19N5O2. The predicted octanol–water partition coefficient (Wildman–Crippen LogP) is 2.40. The summed E-state index contributed by atoms with van der Waals surface area (Å²) in [6, 6.07) is 11.3. The van der Waals surface area contributed by atoms with Gasteiger partial charge in [0.1, 0.15) is 0 Å². The zero-order chi connectivity index (χ0) is 17.9. The van der Waals surface area contributed by atoms with E-state index in [9.17, 15) is 4.79 Å². The number of pyridine rings is 1. The van der Waals surface area contributed by atoms with Crippen LogP contribution >= 0.6 is 0 Å². The highest BCUT2D eigenvalue weighted by molar-refractivity contribution is 5.94. The highest BCUT2D eigenvalue weighted by atomic mass is 16.5. The number of aryl methyl sites for hydroxylation is 1. The Labute approximate surface area is 151 Å². The average molecular weight is 349 g/mol. The molecule has 0 atom stereocenters. The van der Waals surface area contributed by atoms with Crippen LogP contribution in [-0.2, 0) is 0 Å². The maximum Gasteiger partial charge on any atom is 0.257 e. The topological polar surface area (TPSA) is 75.4 Å².